The van der Waals surface area contributed by atoms with Crippen molar-refractivity contribution < 1.29 is 22.7 Å². The predicted molar refractivity (Wildman–Crippen MR) is 79.6 cm³/mol. The standard InChI is InChI=1S/C14H16F3N5O3/c1-3-21-13(24)22(20-19-21)8-12(23)18-9(2)10-4-6-11(7-5-10)25-14(15,16)17/h4-7,9H,3,8H2,1-2H3,(H,18,23). The Labute approximate surface area is 140 Å². The van der Waals surface area contributed by atoms with Crippen LogP contribution in [-0.2, 0) is 17.9 Å². The molecule has 0 spiro atoms. The van der Waals surface area contributed by atoms with Crippen molar-refractivity contribution in [1.82, 2.24) is 25.1 Å². The van der Waals surface area contributed by atoms with E-state index >= 15 is 0 Å². The number of hydrogen-bond donors (Lipinski definition) is 1. The van der Waals surface area contributed by atoms with Gasteiger partial charge in [-0.3, -0.25) is 4.79 Å². The van der Waals surface area contributed by atoms with Gasteiger partial charge in [-0.05, 0) is 42.0 Å². The van der Waals surface area contributed by atoms with E-state index in [4.69, 9.17) is 0 Å². The minimum absolute atomic E-state index is 0.307. The Morgan fingerprint density at radius 2 is 1.84 bits per heavy atom. The lowest BCUT2D eigenvalue weighted by molar-refractivity contribution is -0.274. The molecule has 136 valence electrons. The van der Waals surface area contributed by atoms with Crippen molar-refractivity contribution >= 4 is 5.91 Å². The Morgan fingerprint density at radius 3 is 2.36 bits per heavy atom. The molecule has 2 rings (SSSR count). The van der Waals surface area contributed by atoms with Crippen LogP contribution in [0.3, 0.4) is 0 Å². The van der Waals surface area contributed by atoms with Crippen LogP contribution in [0.1, 0.15) is 25.5 Å². The van der Waals surface area contributed by atoms with E-state index in [1.165, 1.54) is 12.1 Å². The van der Waals surface area contributed by atoms with Crippen LogP contribution in [0.25, 0.3) is 0 Å². The first kappa shape index (κ1) is 18.5. The number of alkyl halides is 3. The van der Waals surface area contributed by atoms with E-state index in [1.807, 2.05) is 0 Å². The summed E-state index contributed by atoms with van der Waals surface area (Å²) in [5.41, 5.74) is 0.0754. The Balaban J connectivity index is 1.96. The fourth-order valence-corrected chi connectivity index (χ4v) is 2.07. The van der Waals surface area contributed by atoms with Gasteiger partial charge in [0.05, 0.1) is 6.04 Å². The maximum atomic E-state index is 12.1. The zero-order valence-electron chi connectivity index (χ0n) is 13.4. The number of tetrazole rings is 1. The normalized spacial score (nSPS) is 12.7. The maximum absolute atomic E-state index is 12.1. The molecule has 0 aliphatic rings. The topological polar surface area (TPSA) is 91.0 Å². The van der Waals surface area contributed by atoms with E-state index in [0.29, 0.717) is 12.1 Å². The molecular weight excluding hydrogens is 343 g/mol. The first-order valence-corrected chi connectivity index (χ1v) is 7.35. The molecule has 0 bridgehead atoms. The van der Waals surface area contributed by atoms with E-state index in [1.54, 1.807) is 13.8 Å². The molecule has 0 radical (unpaired) electrons. The highest BCUT2D eigenvalue weighted by Crippen LogP contribution is 2.24. The number of rotatable bonds is 6. The van der Waals surface area contributed by atoms with Crippen LogP contribution < -0.4 is 15.7 Å². The highest BCUT2D eigenvalue weighted by Gasteiger charge is 2.31. The summed E-state index contributed by atoms with van der Waals surface area (Å²) in [6.45, 7) is 3.40. The fraction of sp³-hybridized carbons (Fsp3) is 0.429. The van der Waals surface area contributed by atoms with Crippen molar-refractivity contribution in [3.05, 3.63) is 40.3 Å². The van der Waals surface area contributed by atoms with Crippen molar-refractivity contribution in [3.8, 4) is 5.75 Å². The predicted octanol–water partition coefficient (Wildman–Crippen LogP) is 1.24. The molecule has 0 aliphatic carbocycles. The Kier molecular flexibility index (Phi) is 5.45. The third-order valence-electron chi connectivity index (χ3n) is 3.28. The summed E-state index contributed by atoms with van der Waals surface area (Å²) < 4.78 is 42.2. The molecule has 1 N–H and O–H groups in total. The second kappa shape index (κ2) is 7.36. The van der Waals surface area contributed by atoms with Gasteiger partial charge in [0, 0.05) is 6.54 Å². The van der Waals surface area contributed by atoms with Crippen LogP contribution >= 0.6 is 0 Å². The van der Waals surface area contributed by atoms with Crippen molar-refractivity contribution in [3.63, 3.8) is 0 Å². The van der Waals surface area contributed by atoms with Gasteiger partial charge in [0.25, 0.3) is 0 Å². The lowest BCUT2D eigenvalue weighted by Crippen LogP contribution is -2.34. The second-order valence-corrected chi connectivity index (χ2v) is 5.14. The largest absolute Gasteiger partial charge is 0.573 e. The summed E-state index contributed by atoms with van der Waals surface area (Å²) >= 11 is 0. The van der Waals surface area contributed by atoms with Crippen LogP contribution in [0.5, 0.6) is 5.75 Å². The molecule has 0 fully saturated rings. The molecule has 0 saturated heterocycles. The zero-order chi connectivity index (χ0) is 18.6. The van der Waals surface area contributed by atoms with E-state index in [2.05, 4.69) is 20.5 Å². The summed E-state index contributed by atoms with van der Waals surface area (Å²) in [6, 6.07) is 4.65. The van der Waals surface area contributed by atoms with Crippen molar-refractivity contribution in [2.24, 2.45) is 0 Å². The van der Waals surface area contributed by atoms with Gasteiger partial charge in [-0.2, -0.15) is 9.36 Å². The second-order valence-electron chi connectivity index (χ2n) is 5.14. The average Bonchev–Trinajstić information content (AvgIpc) is 2.86. The Morgan fingerprint density at radius 1 is 1.24 bits per heavy atom. The van der Waals surface area contributed by atoms with Gasteiger partial charge < -0.3 is 10.1 Å². The molecule has 1 aromatic heterocycles. The van der Waals surface area contributed by atoms with Crippen molar-refractivity contribution in [2.45, 2.75) is 39.3 Å². The number of aryl methyl sites for hydroxylation is 1. The van der Waals surface area contributed by atoms with Crippen LogP contribution in [0.15, 0.2) is 29.1 Å². The van der Waals surface area contributed by atoms with Crippen LogP contribution in [0.4, 0.5) is 13.2 Å². The lowest BCUT2D eigenvalue weighted by Gasteiger charge is -2.15. The van der Waals surface area contributed by atoms with Gasteiger partial charge in [-0.1, -0.05) is 12.1 Å². The molecule has 11 heteroatoms. The number of nitrogens with zero attached hydrogens (tertiary/aromatic N) is 4. The number of carbonyl (C=O) groups is 1. The van der Waals surface area contributed by atoms with Gasteiger partial charge in [-0.25, -0.2) is 4.79 Å². The zero-order valence-corrected chi connectivity index (χ0v) is 13.4. The van der Waals surface area contributed by atoms with E-state index < -0.39 is 24.0 Å². The fourth-order valence-electron chi connectivity index (χ4n) is 2.07. The Bertz CT molecular complexity index is 782. The van der Waals surface area contributed by atoms with E-state index in [0.717, 1.165) is 21.5 Å². The number of benzene rings is 1. The van der Waals surface area contributed by atoms with Gasteiger partial charge >= 0.3 is 12.1 Å². The molecule has 2 aromatic rings. The summed E-state index contributed by atoms with van der Waals surface area (Å²) in [5, 5.41) is 9.81. The number of hydrogen-bond acceptors (Lipinski definition) is 5. The average molecular weight is 359 g/mol. The first-order valence-electron chi connectivity index (χ1n) is 7.35. The third-order valence-corrected chi connectivity index (χ3v) is 3.28. The van der Waals surface area contributed by atoms with Crippen molar-refractivity contribution in [1.29, 1.82) is 0 Å². The van der Waals surface area contributed by atoms with Gasteiger partial charge in [0.15, 0.2) is 0 Å². The summed E-state index contributed by atoms with van der Waals surface area (Å²) in [4.78, 5) is 23.7. The lowest BCUT2D eigenvalue weighted by atomic mass is 10.1. The van der Waals surface area contributed by atoms with Crippen LogP contribution in [0.2, 0.25) is 0 Å². The summed E-state index contributed by atoms with van der Waals surface area (Å²) in [6.07, 6.45) is -4.76. The molecule has 1 heterocycles. The van der Waals surface area contributed by atoms with Crippen LogP contribution in [0, 0.1) is 0 Å². The maximum Gasteiger partial charge on any atom is 0.573 e. The molecular formula is C14H16F3N5O3. The SMILES string of the molecule is CCn1nnn(CC(=O)NC(C)c2ccc(OC(F)(F)F)cc2)c1=O. The minimum Gasteiger partial charge on any atom is -0.406 e. The number of aromatic nitrogens is 4. The minimum atomic E-state index is -4.76. The smallest absolute Gasteiger partial charge is 0.406 e. The molecule has 0 aliphatic heterocycles. The summed E-state index contributed by atoms with van der Waals surface area (Å²) in [5.74, 6) is -0.828. The number of halogens is 3. The molecule has 1 atom stereocenters. The molecule has 1 aromatic carbocycles. The molecule has 8 nitrogen and oxygen atoms in total. The quantitative estimate of drug-likeness (QED) is 0.838. The number of ether oxygens (including phenoxy) is 1. The first-order chi connectivity index (χ1) is 11.7. The molecule has 25 heavy (non-hydrogen) atoms. The van der Waals surface area contributed by atoms with Crippen LogP contribution in [-0.4, -0.2) is 32.1 Å². The highest BCUT2D eigenvalue weighted by atomic mass is 19.4. The van der Waals surface area contributed by atoms with Gasteiger partial charge in [0.2, 0.25) is 5.91 Å². The third kappa shape index (κ3) is 5.06. The van der Waals surface area contributed by atoms with Gasteiger partial charge in [0.1, 0.15) is 12.3 Å². The molecule has 1 amide bonds. The Hall–Kier alpha value is -2.85. The number of nitrogens with one attached hydrogen (secondary N) is 1. The highest BCUT2D eigenvalue weighted by molar-refractivity contribution is 5.76. The molecule has 1 unspecified atom stereocenters. The van der Waals surface area contributed by atoms with E-state index in [9.17, 15) is 22.8 Å². The van der Waals surface area contributed by atoms with Crippen molar-refractivity contribution in [2.75, 3.05) is 0 Å². The van der Waals surface area contributed by atoms with E-state index in [-0.39, 0.29) is 12.3 Å². The van der Waals surface area contributed by atoms with Gasteiger partial charge in [-0.15, -0.1) is 13.2 Å². The number of amides is 1. The monoisotopic (exact) mass is 359 g/mol. The summed E-state index contributed by atoms with van der Waals surface area (Å²) in [7, 11) is 0. The number of carbonyl (C=O) groups excluding carboxylic acids is 1. The molecule has 0 saturated carbocycles.